The van der Waals surface area contributed by atoms with Gasteiger partial charge < -0.3 is 0 Å². The van der Waals surface area contributed by atoms with Gasteiger partial charge in [-0.1, -0.05) is 50.3 Å². The van der Waals surface area contributed by atoms with Crippen LogP contribution in [0.1, 0.15) is 54.4 Å². The summed E-state index contributed by atoms with van der Waals surface area (Å²) in [6, 6.07) is 4.63. The smallest absolute Gasteiger partial charge is 0.0276 e. The van der Waals surface area contributed by atoms with Gasteiger partial charge in [-0.05, 0) is 50.3 Å². The first-order valence-electron chi connectivity index (χ1n) is 6.51. The fourth-order valence-corrected chi connectivity index (χ4v) is 2.23. The number of rotatable bonds is 6. The van der Waals surface area contributed by atoms with Crippen LogP contribution in [0.3, 0.4) is 0 Å². The summed E-state index contributed by atoms with van der Waals surface area (Å²) in [4.78, 5) is 0. The van der Waals surface area contributed by atoms with Crippen LogP contribution in [0.4, 0.5) is 0 Å². The van der Waals surface area contributed by atoms with Crippen LogP contribution in [0.5, 0.6) is 0 Å². The molecule has 0 fully saturated rings. The van der Waals surface area contributed by atoms with E-state index in [0.717, 1.165) is 6.42 Å². The van der Waals surface area contributed by atoms with E-state index in [1.807, 2.05) is 0 Å². The molecule has 0 aliphatic heterocycles. The minimum absolute atomic E-state index is 1.09. The molecule has 1 aromatic carbocycles. The van der Waals surface area contributed by atoms with Gasteiger partial charge in [0.05, 0.1) is 0 Å². The Morgan fingerprint density at radius 2 is 1.62 bits per heavy atom. The normalized spacial score (nSPS) is 10.8. The predicted molar refractivity (Wildman–Crippen MR) is 72.8 cm³/mol. The Hall–Kier alpha value is -0.780. The lowest BCUT2D eigenvalue weighted by molar-refractivity contribution is 0.644. The Bertz CT molecular complexity index is 323. The van der Waals surface area contributed by atoms with Gasteiger partial charge >= 0.3 is 0 Å². The van der Waals surface area contributed by atoms with E-state index in [9.17, 15) is 0 Å². The molecular formula is C16H25. The van der Waals surface area contributed by atoms with E-state index < -0.39 is 0 Å². The Kier molecular flexibility index (Phi) is 5.59. The van der Waals surface area contributed by atoms with E-state index in [-0.39, 0.29) is 0 Å². The number of hydrogen-bond acceptors (Lipinski definition) is 0. The Balaban J connectivity index is 2.47. The second-order valence-electron chi connectivity index (χ2n) is 4.88. The average molecular weight is 217 g/mol. The van der Waals surface area contributed by atoms with Crippen molar-refractivity contribution in [2.24, 2.45) is 0 Å². The van der Waals surface area contributed by atoms with Crippen molar-refractivity contribution in [3.05, 3.63) is 41.3 Å². The van der Waals surface area contributed by atoms with Crippen LogP contribution < -0.4 is 0 Å². The maximum absolute atomic E-state index is 3.88. The van der Waals surface area contributed by atoms with Crippen molar-refractivity contribution in [2.45, 2.75) is 59.3 Å². The largest absolute Gasteiger partial charge is 0.0561 e. The van der Waals surface area contributed by atoms with Crippen molar-refractivity contribution in [2.75, 3.05) is 0 Å². The summed E-state index contributed by atoms with van der Waals surface area (Å²) >= 11 is 0. The zero-order valence-electron chi connectivity index (χ0n) is 11.1. The van der Waals surface area contributed by atoms with E-state index >= 15 is 0 Å². The third kappa shape index (κ3) is 4.00. The van der Waals surface area contributed by atoms with Gasteiger partial charge in [0.1, 0.15) is 0 Å². The summed E-state index contributed by atoms with van der Waals surface area (Å²) in [6.45, 7) is 10.5. The second kappa shape index (κ2) is 6.73. The van der Waals surface area contributed by atoms with Gasteiger partial charge in [-0.15, -0.1) is 0 Å². The SMILES string of the molecule is [CH2]CCCCCCc1cc(C)cc(C)c1C. The van der Waals surface area contributed by atoms with Gasteiger partial charge in [0, 0.05) is 0 Å². The van der Waals surface area contributed by atoms with Gasteiger partial charge in [0.2, 0.25) is 0 Å². The maximum Gasteiger partial charge on any atom is -0.0276 e. The molecule has 1 rings (SSSR count). The van der Waals surface area contributed by atoms with Crippen molar-refractivity contribution in [3.63, 3.8) is 0 Å². The van der Waals surface area contributed by atoms with Crippen LogP contribution in [-0.2, 0) is 6.42 Å². The molecule has 0 heteroatoms. The van der Waals surface area contributed by atoms with Crippen molar-refractivity contribution in [1.29, 1.82) is 0 Å². The number of unbranched alkanes of at least 4 members (excludes halogenated alkanes) is 4. The third-order valence-electron chi connectivity index (χ3n) is 3.37. The van der Waals surface area contributed by atoms with Gasteiger partial charge in [-0.3, -0.25) is 0 Å². The molecular weight excluding hydrogens is 192 g/mol. The first-order chi connectivity index (χ1) is 7.65. The topological polar surface area (TPSA) is 0 Å². The summed E-state index contributed by atoms with van der Waals surface area (Å²) in [5, 5.41) is 0. The van der Waals surface area contributed by atoms with Gasteiger partial charge in [-0.25, -0.2) is 0 Å². The Labute approximate surface area is 101 Å². The van der Waals surface area contributed by atoms with Crippen molar-refractivity contribution in [3.8, 4) is 0 Å². The standard InChI is InChI=1S/C16H25/c1-5-6-7-8-9-10-16-12-13(2)11-14(3)15(16)4/h11-12H,1,5-10H2,2-4H3. The highest BCUT2D eigenvalue weighted by molar-refractivity contribution is 5.37. The number of benzene rings is 1. The molecule has 89 valence electrons. The maximum atomic E-state index is 3.88. The molecule has 0 bridgehead atoms. The van der Waals surface area contributed by atoms with Crippen LogP contribution in [0.25, 0.3) is 0 Å². The fraction of sp³-hybridized carbons (Fsp3) is 0.562. The molecule has 0 heterocycles. The van der Waals surface area contributed by atoms with E-state index in [0.29, 0.717) is 0 Å². The lowest BCUT2D eigenvalue weighted by atomic mass is 9.96. The molecule has 0 atom stereocenters. The fourth-order valence-electron chi connectivity index (χ4n) is 2.23. The van der Waals surface area contributed by atoms with E-state index in [1.165, 1.54) is 48.8 Å². The van der Waals surface area contributed by atoms with E-state index in [4.69, 9.17) is 0 Å². The van der Waals surface area contributed by atoms with Crippen LogP contribution in [-0.4, -0.2) is 0 Å². The van der Waals surface area contributed by atoms with Crippen LogP contribution >= 0.6 is 0 Å². The number of hydrogen-bond donors (Lipinski definition) is 0. The molecule has 0 N–H and O–H groups in total. The predicted octanol–water partition coefficient (Wildman–Crippen LogP) is 4.94. The van der Waals surface area contributed by atoms with Crippen LogP contribution in [0.2, 0.25) is 0 Å². The minimum atomic E-state index is 1.09. The molecule has 16 heavy (non-hydrogen) atoms. The molecule has 0 aromatic heterocycles. The minimum Gasteiger partial charge on any atom is -0.0561 e. The van der Waals surface area contributed by atoms with Crippen molar-refractivity contribution in [1.82, 2.24) is 0 Å². The average Bonchev–Trinajstić information content (AvgIpc) is 2.24. The second-order valence-corrected chi connectivity index (χ2v) is 4.88. The van der Waals surface area contributed by atoms with E-state index in [2.05, 4.69) is 39.8 Å². The number of aryl methyl sites for hydroxylation is 3. The van der Waals surface area contributed by atoms with Crippen LogP contribution in [0, 0.1) is 27.7 Å². The van der Waals surface area contributed by atoms with E-state index in [1.54, 1.807) is 5.56 Å². The van der Waals surface area contributed by atoms with Gasteiger partial charge in [0.15, 0.2) is 0 Å². The third-order valence-corrected chi connectivity index (χ3v) is 3.37. The lowest BCUT2D eigenvalue weighted by Crippen LogP contribution is -1.94. The molecule has 0 saturated heterocycles. The summed E-state index contributed by atoms with van der Waals surface area (Å²) < 4.78 is 0. The Morgan fingerprint density at radius 1 is 0.938 bits per heavy atom. The quantitative estimate of drug-likeness (QED) is 0.592. The molecule has 1 aromatic rings. The van der Waals surface area contributed by atoms with Crippen LogP contribution in [0.15, 0.2) is 12.1 Å². The molecule has 0 amide bonds. The monoisotopic (exact) mass is 217 g/mol. The molecule has 0 spiro atoms. The molecule has 0 aliphatic rings. The highest BCUT2D eigenvalue weighted by Crippen LogP contribution is 2.18. The van der Waals surface area contributed by atoms with Gasteiger partial charge in [-0.2, -0.15) is 0 Å². The van der Waals surface area contributed by atoms with Crippen molar-refractivity contribution < 1.29 is 0 Å². The molecule has 0 aliphatic carbocycles. The summed E-state index contributed by atoms with van der Waals surface area (Å²) in [6.07, 6.45) is 7.62. The molecule has 0 unspecified atom stereocenters. The van der Waals surface area contributed by atoms with Gasteiger partial charge in [0.25, 0.3) is 0 Å². The first-order valence-corrected chi connectivity index (χ1v) is 6.51. The highest BCUT2D eigenvalue weighted by Gasteiger charge is 2.02. The molecule has 0 saturated carbocycles. The summed E-state index contributed by atoms with van der Waals surface area (Å²) in [5.41, 5.74) is 5.87. The molecule has 1 radical (unpaired) electrons. The zero-order chi connectivity index (χ0) is 12.0. The first kappa shape index (κ1) is 13.3. The zero-order valence-corrected chi connectivity index (χ0v) is 11.1. The summed E-state index contributed by atoms with van der Waals surface area (Å²) in [7, 11) is 0. The van der Waals surface area contributed by atoms with Crippen molar-refractivity contribution >= 4 is 0 Å². The lowest BCUT2D eigenvalue weighted by Gasteiger charge is -2.10. The molecule has 0 nitrogen and oxygen atoms in total. The Morgan fingerprint density at radius 3 is 2.31 bits per heavy atom. The highest BCUT2D eigenvalue weighted by atomic mass is 14.1. The summed E-state index contributed by atoms with van der Waals surface area (Å²) in [5.74, 6) is 0.